The smallest absolute Gasteiger partial charge is 0.253 e. The number of para-hydroxylation sites is 2. The normalized spacial score (nSPS) is 10.6. The summed E-state index contributed by atoms with van der Waals surface area (Å²) < 4.78 is 7.71. The first-order valence-corrected chi connectivity index (χ1v) is 10.4. The van der Waals surface area contributed by atoms with E-state index in [0.717, 1.165) is 34.8 Å². The SMILES string of the molecule is COc1ccccc1-n1c(-c2ccccc2)cc(C(=O)NCCc2ccccc2)c1C. The minimum absolute atomic E-state index is 0.0701. The zero-order valence-electron chi connectivity index (χ0n) is 17.8. The lowest BCUT2D eigenvalue weighted by molar-refractivity contribution is 0.0953. The second-order valence-electron chi connectivity index (χ2n) is 7.39. The van der Waals surface area contributed by atoms with Crippen molar-refractivity contribution in [2.24, 2.45) is 0 Å². The third kappa shape index (κ3) is 4.38. The summed E-state index contributed by atoms with van der Waals surface area (Å²) in [5.41, 5.74) is 5.65. The van der Waals surface area contributed by atoms with Gasteiger partial charge in [0, 0.05) is 12.2 Å². The summed E-state index contributed by atoms with van der Waals surface area (Å²) in [6.45, 7) is 2.56. The minimum atomic E-state index is -0.0701. The number of aromatic nitrogens is 1. The van der Waals surface area contributed by atoms with Gasteiger partial charge in [-0.2, -0.15) is 0 Å². The molecule has 1 amide bonds. The van der Waals surface area contributed by atoms with Crippen LogP contribution in [0.3, 0.4) is 0 Å². The monoisotopic (exact) mass is 410 g/mol. The molecule has 0 saturated heterocycles. The molecule has 0 fully saturated rings. The summed E-state index contributed by atoms with van der Waals surface area (Å²) >= 11 is 0. The molecule has 0 spiro atoms. The maximum Gasteiger partial charge on any atom is 0.253 e. The molecule has 4 aromatic rings. The molecule has 0 aliphatic carbocycles. The van der Waals surface area contributed by atoms with E-state index < -0.39 is 0 Å². The molecule has 0 unspecified atom stereocenters. The van der Waals surface area contributed by atoms with Crippen molar-refractivity contribution in [3.8, 4) is 22.7 Å². The zero-order valence-corrected chi connectivity index (χ0v) is 17.8. The Morgan fingerprint density at radius 2 is 1.55 bits per heavy atom. The number of benzene rings is 3. The van der Waals surface area contributed by atoms with Crippen LogP contribution in [0.1, 0.15) is 21.6 Å². The largest absolute Gasteiger partial charge is 0.495 e. The Kier molecular flexibility index (Phi) is 6.18. The molecular weight excluding hydrogens is 384 g/mol. The molecule has 0 atom stereocenters. The average Bonchev–Trinajstić information content (AvgIpc) is 3.17. The fourth-order valence-corrected chi connectivity index (χ4v) is 3.84. The van der Waals surface area contributed by atoms with Gasteiger partial charge in [-0.05, 0) is 42.7 Å². The van der Waals surface area contributed by atoms with Crippen molar-refractivity contribution < 1.29 is 9.53 Å². The van der Waals surface area contributed by atoms with E-state index in [-0.39, 0.29) is 5.91 Å². The molecule has 0 saturated carbocycles. The third-order valence-electron chi connectivity index (χ3n) is 5.43. The molecule has 31 heavy (non-hydrogen) atoms. The lowest BCUT2D eigenvalue weighted by Gasteiger charge is -2.15. The van der Waals surface area contributed by atoms with Crippen molar-refractivity contribution in [2.45, 2.75) is 13.3 Å². The van der Waals surface area contributed by atoms with Crippen molar-refractivity contribution in [3.63, 3.8) is 0 Å². The van der Waals surface area contributed by atoms with Crippen LogP contribution < -0.4 is 10.1 Å². The first kappa shape index (κ1) is 20.5. The number of nitrogens with one attached hydrogen (secondary N) is 1. The van der Waals surface area contributed by atoms with Gasteiger partial charge in [0.25, 0.3) is 5.91 Å². The van der Waals surface area contributed by atoms with Crippen LogP contribution in [0.15, 0.2) is 91.0 Å². The summed E-state index contributed by atoms with van der Waals surface area (Å²) in [6, 6.07) is 30.1. The van der Waals surface area contributed by atoms with E-state index in [1.807, 2.05) is 73.7 Å². The predicted octanol–water partition coefficient (Wildman–Crippen LogP) is 5.43. The summed E-state index contributed by atoms with van der Waals surface area (Å²) in [5.74, 6) is 0.689. The Balaban J connectivity index is 1.69. The van der Waals surface area contributed by atoms with Gasteiger partial charge in [0.2, 0.25) is 0 Å². The van der Waals surface area contributed by atoms with E-state index in [2.05, 4.69) is 34.1 Å². The molecule has 0 radical (unpaired) electrons. The highest BCUT2D eigenvalue weighted by molar-refractivity contribution is 5.97. The van der Waals surface area contributed by atoms with E-state index >= 15 is 0 Å². The third-order valence-corrected chi connectivity index (χ3v) is 5.43. The van der Waals surface area contributed by atoms with Gasteiger partial charge in [-0.3, -0.25) is 4.79 Å². The lowest BCUT2D eigenvalue weighted by atomic mass is 10.1. The summed E-state index contributed by atoms with van der Waals surface area (Å²) in [4.78, 5) is 13.1. The number of nitrogens with zero attached hydrogens (tertiary/aromatic N) is 1. The zero-order chi connectivity index (χ0) is 21.6. The lowest BCUT2D eigenvalue weighted by Crippen LogP contribution is -2.26. The van der Waals surface area contributed by atoms with Gasteiger partial charge < -0.3 is 14.6 Å². The van der Waals surface area contributed by atoms with Gasteiger partial charge in [-0.15, -0.1) is 0 Å². The van der Waals surface area contributed by atoms with Gasteiger partial charge in [0.1, 0.15) is 5.75 Å². The molecule has 0 bridgehead atoms. The van der Waals surface area contributed by atoms with Gasteiger partial charge in [-0.1, -0.05) is 72.8 Å². The number of amides is 1. The van der Waals surface area contributed by atoms with Crippen LogP contribution in [0.2, 0.25) is 0 Å². The molecule has 0 aliphatic rings. The second-order valence-corrected chi connectivity index (χ2v) is 7.39. The average molecular weight is 411 g/mol. The van der Waals surface area contributed by atoms with Crippen LogP contribution in [0.5, 0.6) is 5.75 Å². The van der Waals surface area contributed by atoms with Crippen LogP contribution in [-0.2, 0) is 6.42 Å². The fourth-order valence-electron chi connectivity index (χ4n) is 3.84. The molecule has 156 valence electrons. The fraction of sp³-hybridized carbons (Fsp3) is 0.148. The maximum atomic E-state index is 13.1. The van der Waals surface area contributed by atoms with Gasteiger partial charge in [-0.25, -0.2) is 0 Å². The number of carbonyl (C=O) groups is 1. The van der Waals surface area contributed by atoms with Crippen LogP contribution in [-0.4, -0.2) is 24.1 Å². The second kappa shape index (κ2) is 9.35. The molecule has 0 aliphatic heterocycles. The van der Waals surface area contributed by atoms with E-state index in [1.54, 1.807) is 7.11 Å². The van der Waals surface area contributed by atoms with E-state index in [4.69, 9.17) is 4.74 Å². The Hall–Kier alpha value is -3.79. The molecule has 4 rings (SSSR count). The van der Waals surface area contributed by atoms with Gasteiger partial charge in [0.15, 0.2) is 0 Å². The van der Waals surface area contributed by atoms with E-state index in [9.17, 15) is 4.79 Å². The van der Waals surface area contributed by atoms with Crippen LogP contribution in [0, 0.1) is 6.92 Å². The standard InChI is InChI=1S/C27H26N2O2/c1-20-23(27(30)28-18-17-21-11-5-3-6-12-21)19-25(22-13-7-4-8-14-22)29(20)24-15-9-10-16-26(24)31-2/h3-16,19H,17-18H2,1-2H3,(H,28,30). The molecular formula is C27H26N2O2. The molecule has 1 aromatic heterocycles. The number of methoxy groups -OCH3 is 1. The number of carbonyl (C=O) groups excluding carboxylic acids is 1. The first-order valence-electron chi connectivity index (χ1n) is 10.4. The molecule has 4 nitrogen and oxygen atoms in total. The Morgan fingerprint density at radius 3 is 2.26 bits per heavy atom. The van der Waals surface area contributed by atoms with E-state index in [1.165, 1.54) is 5.56 Å². The quantitative estimate of drug-likeness (QED) is 0.441. The Bertz CT molecular complexity index is 1160. The van der Waals surface area contributed by atoms with Crippen molar-refractivity contribution in [2.75, 3.05) is 13.7 Å². The molecule has 3 aromatic carbocycles. The maximum absolute atomic E-state index is 13.1. The molecule has 1 N–H and O–H groups in total. The Labute approximate surface area is 183 Å². The van der Waals surface area contributed by atoms with E-state index in [0.29, 0.717) is 12.1 Å². The van der Waals surface area contributed by atoms with Crippen LogP contribution in [0.4, 0.5) is 0 Å². The van der Waals surface area contributed by atoms with Crippen molar-refractivity contribution in [1.29, 1.82) is 0 Å². The molecule has 4 heteroatoms. The highest BCUT2D eigenvalue weighted by Gasteiger charge is 2.21. The topological polar surface area (TPSA) is 43.3 Å². The van der Waals surface area contributed by atoms with Crippen LogP contribution >= 0.6 is 0 Å². The van der Waals surface area contributed by atoms with Crippen molar-refractivity contribution in [1.82, 2.24) is 9.88 Å². The van der Waals surface area contributed by atoms with Crippen molar-refractivity contribution in [3.05, 3.63) is 108 Å². The number of hydrogen-bond acceptors (Lipinski definition) is 2. The van der Waals surface area contributed by atoms with Gasteiger partial charge in [0.05, 0.1) is 24.1 Å². The predicted molar refractivity (Wildman–Crippen MR) is 125 cm³/mol. The number of ether oxygens (including phenoxy) is 1. The molecule has 1 heterocycles. The Morgan fingerprint density at radius 1 is 0.903 bits per heavy atom. The number of hydrogen-bond donors (Lipinski definition) is 1. The highest BCUT2D eigenvalue weighted by Crippen LogP contribution is 2.33. The summed E-state index contributed by atoms with van der Waals surface area (Å²) in [7, 11) is 1.66. The van der Waals surface area contributed by atoms with Crippen molar-refractivity contribution >= 4 is 5.91 Å². The minimum Gasteiger partial charge on any atom is -0.495 e. The van der Waals surface area contributed by atoms with Gasteiger partial charge >= 0.3 is 0 Å². The summed E-state index contributed by atoms with van der Waals surface area (Å²) in [6.07, 6.45) is 0.796. The first-order chi connectivity index (χ1) is 15.2. The summed E-state index contributed by atoms with van der Waals surface area (Å²) in [5, 5.41) is 3.08. The highest BCUT2D eigenvalue weighted by atomic mass is 16.5. The van der Waals surface area contributed by atoms with Crippen LogP contribution in [0.25, 0.3) is 16.9 Å². The number of rotatable bonds is 7.